The Morgan fingerprint density at radius 3 is 2.43 bits per heavy atom. The molecule has 1 fully saturated rings. The van der Waals surface area contributed by atoms with Gasteiger partial charge in [-0.15, -0.1) is 0 Å². The summed E-state index contributed by atoms with van der Waals surface area (Å²) in [6.45, 7) is 2.82. The van der Waals surface area contributed by atoms with Crippen LogP contribution in [0, 0.1) is 0 Å². The molecule has 1 heterocycles. The molecule has 1 N–H and O–H groups in total. The SMILES string of the molecule is CN(C)C(=O)N1CCN(C(=O)NCCc2cccc(Cl)c2)CC1. The summed E-state index contributed by atoms with van der Waals surface area (Å²) in [7, 11) is 3.47. The number of urea groups is 2. The highest BCUT2D eigenvalue weighted by atomic mass is 35.5. The standard InChI is InChI=1S/C16H23ClN4O2/c1-19(2)16(23)21-10-8-20(9-11-21)15(22)18-7-6-13-4-3-5-14(17)12-13/h3-5,12H,6-11H2,1-2H3,(H,18,22). The van der Waals surface area contributed by atoms with Crippen molar-refractivity contribution >= 4 is 23.7 Å². The summed E-state index contributed by atoms with van der Waals surface area (Å²) < 4.78 is 0. The summed E-state index contributed by atoms with van der Waals surface area (Å²) in [5.74, 6) is 0. The van der Waals surface area contributed by atoms with Gasteiger partial charge < -0.3 is 20.0 Å². The number of rotatable bonds is 3. The zero-order chi connectivity index (χ0) is 16.8. The van der Waals surface area contributed by atoms with Gasteiger partial charge in [-0.25, -0.2) is 9.59 Å². The maximum absolute atomic E-state index is 12.1. The lowest BCUT2D eigenvalue weighted by Crippen LogP contribution is -2.55. The molecular weight excluding hydrogens is 316 g/mol. The highest BCUT2D eigenvalue weighted by molar-refractivity contribution is 6.30. The van der Waals surface area contributed by atoms with Crippen molar-refractivity contribution < 1.29 is 9.59 Å². The van der Waals surface area contributed by atoms with Crippen molar-refractivity contribution in [2.45, 2.75) is 6.42 Å². The summed E-state index contributed by atoms with van der Waals surface area (Å²) in [6.07, 6.45) is 0.741. The van der Waals surface area contributed by atoms with Crippen molar-refractivity contribution in [2.24, 2.45) is 0 Å². The fourth-order valence-electron chi connectivity index (χ4n) is 2.50. The van der Waals surface area contributed by atoms with Gasteiger partial charge in [0.25, 0.3) is 0 Å². The minimum Gasteiger partial charge on any atom is -0.338 e. The lowest BCUT2D eigenvalue weighted by molar-refractivity contribution is 0.129. The zero-order valence-electron chi connectivity index (χ0n) is 13.6. The van der Waals surface area contributed by atoms with Crippen LogP contribution >= 0.6 is 11.6 Å². The number of carbonyl (C=O) groups excluding carboxylic acids is 2. The minimum atomic E-state index is -0.0796. The van der Waals surface area contributed by atoms with E-state index in [-0.39, 0.29) is 12.1 Å². The molecule has 4 amide bonds. The Balaban J connectivity index is 1.72. The van der Waals surface area contributed by atoms with E-state index in [0.717, 1.165) is 12.0 Å². The molecule has 0 unspecified atom stereocenters. The third kappa shape index (κ3) is 5.03. The number of halogens is 1. The van der Waals surface area contributed by atoms with Crippen LogP contribution in [0.3, 0.4) is 0 Å². The maximum Gasteiger partial charge on any atom is 0.319 e. The molecular formula is C16H23ClN4O2. The first-order chi connectivity index (χ1) is 11.0. The van der Waals surface area contributed by atoms with Crippen LogP contribution in [0.4, 0.5) is 9.59 Å². The molecule has 0 atom stereocenters. The van der Waals surface area contributed by atoms with Gasteiger partial charge in [0.2, 0.25) is 0 Å². The second kappa shape index (κ2) is 8.06. The molecule has 2 rings (SSSR count). The Morgan fingerprint density at radius 2 is 1.83 bits per heavy atom. The molecule has 1 saturated heterocycles. The Kier molecular flexibility index (Phi) is 6.10. The molecule has 1 aliphatic rings. The fraction of sp³-hybridized carbons (Fsp3) is 0.500. The van der Waals surface area contributed by atoms with Gasteiger partial charge in [0.05, 0.1) is 0 Å². The maximum atomic E-state index is 12.1. The van der Waals surface area contributed by atoms with Gasteiger partial charge in [-0.1, -0.05) is 23.7 Å². The number of nitrogens with zero attached hydrogens (tertiary/aromatic N) is 3. The molecule has 0 radical (unpaired) electrons. The third-order valence-electron chi connectivity index (χ3n) is 3.80. The van der Waals surface area contributed by atoms with Crippen molar-refractivity contribution in [1.29, 1.82) is 0 Å². The lowest BCUT2D eigenvalue weighted by atomic mass is 10.1. The average molecular weight is 339 g/mol. The fourth-order valence-corrected chi connectivity index (χ4v) is 2.71. The molecule has 7 heteroatoms. The number of amides is 4. The minimum absolute atomic E-state index is 0.00832. The van der Waals surface area contributed by atoms with Gasteiger partial charge in [-0.3, -0.25) is 0 Å². The van der Waals surface area contributed by atoms with E-state index in [0.29, 0.717) is 37.7 Å². The first kappa shape index (κ1) is 17.4. The molecule has 0 bridgehead atoms. The van der Waals surface area contributed by atoms with Gasteiger partial charge in [-0.05, 0) is 24.1 Å². The largest absolute Gasteiger partial charge is 0.338 e. The normalized spacial score (nSPS) is 14.6. The van der Waals surface area contributed by atoms with E-state index in [9.17, 15) is 9.59 Å². The number of piperazine rings is 1. The van der Waals surface area contributed by atoms with Crippen LogP contribution in [0.15, 0.2) is 24.3 Å². The van der Waals surface area contributed by atoms with E-state index in [4.69, 9.17) is 11.6 Å². The second-order valence-corrected chi connectivity index (χ2v) is 6.20. The number of nitrogens with one attached hydrogen (secondary N) is 1. The third-order valence-corrected chi connectivity index (χ3v) is 4.03. The van der Waals surface area contributed by atoms with Gasteiger partial charge >= 0.3 is 12.1 Å². The van der Waals surface area contributed by atoms with E-state index in [1.54, 1.807) is 28.8 Å². The van der Waals surface area contributed by atoms with Gasteiger partial charge in [-0.2, -0.15) is 0 Å². The molecule has 0 saturated carbocycles. The molecule has 0 spiro atoms. The summed E-state index contributed by atoms with van der Waals surface area (Å²) in [4.78, 5) is 29.1. The molecule has 0 aromatic heterocycles. The summed E-state index contributed by atoms with van der Waals surface area (Å²) in [5, 5.41) is 3.62. The first-order valence-corrected chi connectivity index (χ1v) is 8.08. The van der Waals surface area contributed by atoms with Crippen molar-refractivity contribution in [1.82, 2.24) is 20.0 Å². The van der Waals surface area contributed by atoms with E-state index in [1.807, 2.05) is 24.3 Å². The van der Waals surface area contributed by atoms with E-state index < -0.39 is 0 Å². The van der Waals surface area contributed by atoms with Crippen LogP contribution in [0.2, 0.25) is 5.02 Å². The summed E-state index contributed by atoms with van der Waals surface area (Å²) in [6, 6.07) is 7.54. The first-order valence-electron chi connectivity index (χ1n) is 7.71. The monoisotopic (exact) mass is 338 g/mol. The van der Waals surface area contributed by atoms with Gasteiger partial charge in [0.1, 0.15) is 0 Å². The molecule has 1 aromatic carbocycles. The highest BCUT2D eigenvalue weighted by Crippen LogP contribution is 2.11. The van der Waals surface area contributed by atoms with Crippen LogP contribution in [0.25, 0.3) is 0 Å². The Bertz CT molecular complexity index is 557. The van der Waals surface area contributed by atoms with Crippen molar-refractivity contribution in [2.75, 3.05) is 46.8 Å². The number of hydrogen-bond acceptors (Lipinski definition) is 2. The van der Waals surface area contributed by atoms with Crippen molar-refractivity contribution in [3.8, 4) is 0 Å². The lowest BCUT2D eigenvalue weighted by Gasteiger charge is -2.35. The molecule has 23 heavy (non-hydrogen) atoms. The van der Waals surface area contributed by atoms with Crippen LogP contribution < -0.4 is 5.32 Å². The second-order valence-electron chi connectivity index (χ2n) is 5.76. The van der Waals surface area contributed by atoms with Gasteiger partial charge in [0.15, 0.2) is 0 Å². The quantitative estimate of drug-likeness (QED) is 0.915. The number of hydrogen-bond donors (Lipinski definition) is 1. The Hall–Kier alpha value is -1.95. The van der Waals surface area contributed by atoms with Crippen LogP contribution in [0.5, 0.6) is 0 Å². The zero-order valence-corrected chi connectivity index (χ0v) is 14.3. The Labute approximate surface area is 142 Å². The topological polar surface area (TPSA) is 55.9 Å². The van der Waals surface area contributed by atoms with E-state index in [1.165, 1.54) is 0 Å². The van der Waals surface area contributed by atoms with Crippen LogP contribution in [0.1, 0.15) is 5.56 Å². The summed E-state index contributed by atoms with van der Waals surface area (Å²) in [5.41, 5.74) is 1.10. The molecule has 126 valence electrons. The molecule has 1 aromatic rings. The van der Waals surface area contributed by atoms with Crippen LogP contribution in [-0.2, 0) is 6.42 Å². The van der Waals surface area contributed by atoms with E-state index in [2.05, 4.69) is 5.32 Å². The average Bonchev–Trinajstić information content (AvgIpc) is 2.54. The predicted octanol–water partition coefficient (Wildman–Crippen LogP) is 1.89. The molecule has 1 aliphatic heterocycles. The number of benzene rings is 1. The Morgan fingerprint density at radius 1 is 1.17 bits per heavy atom. The highest BCUT2D eigenvalue weighted by Gasteiger charge is 2.24. The van der Waals surface area contributed by atoms with Crippen molar-refractivity contribution in [3.63, 3.8) is 0 Å². The summed E-state index contributed by atoms with van der Waals surface area (Å²) >= 11 is 5.94. The van der Waals surface area contributed by atoms with Crippen LogP contribution in [-0.4, -0.2) is 73.6 Å². The van der Waals surface area contributed by atoms with Gasteiger partial charge in [0, 0.05) is 51.8 Å². The van der Waals surface area contributed by atoms with E-state index >= 15 is 0 Å². The van der Waals surface area contributed by atoms with Crippen molar-refractivity contribution in [3.05, 3.63) is 34.9 Å². The predicted molar refractivity (Wildman–Crippen MR) is 90.8 cm³/mol. The number of carbonyl (C=O) groups is 2. The molecule has 6 nitrogen and oxygen atoms in total. The smallest absolute Gasteiger partial charge is 0.319 e. The molecule has 0 aliphatic carbocycles.